The zero-order valence-corrected chi connectivity index (χ0v) is 20.2. The summed E-state index contributed by atoms with van der Waals surface area (Å²) in [5.74, 6) is -0.748. The second-order valence-electron chi connectivity index (χ2n) is 8.99. The second-order valence-corrected chi connectivity index (χ2v) is 8.99. The van der Waals surface area contributed by atoms with Crippen molar-refractivity contribution in [2.24, 2.45) is 12.0 Å². The van der Waals surface area contributed by atoms with Crippen molar-refractivity contribution in [1.82, 2.24) is 14.5 Å². The quantitative estimate of drug-likeness (QED) is 0.547. The Hall–Kier alpha value is -3.92. The molecule has 10 heteroatoms. The Kier molecular flexibility index (Phi) is 5.91. The minimum atomic E-state index is -3.32. The summed E-state index contributed by atoms with van der Waals surface area (Å²) < 4.78 is 29.7. The summed E-state index contributed by atoms with van der Waals surface area (Å²) in [4.78, 5) is 28.3. The van der Waals surface area contributed by atoms with Crippen molar-refractivity contribution < 1.29 is 13.9 Å². The number of aromatic nitrogens is 3. The molecule has 0 aliphatic carbocycles. The summed E-state index contributed by atoms with van der Waals surface area (Å²) in [5.41, 5.74) is 2.53. The van der Waals surface area contributed by atoms with Crippen LogP contribution in [0.3, 0.4) is 0 Å². The average Bonchev–Trinajstić information content (AvgIpc) is 3.36. The molecule has 0 fully saturated rings. The molecule has 0 amide bonds. The number of nitrogens with zero attached hydrogens (tertiary/aromatic N) is 5. The molecule has 186 valence electrons. The highest BCUT2D eigenvalue weighted by molar-refractivity contribution is 6.36. The fourth-order valence-electron chi connectivity index (χ4n) is 4.45. The first-order chi connectivity index (χ1) is 17.2. The summed E-state index contributed by atoms with van der Waals surface area (Å²) in [6.07, 6.45) is 3.64. The Morgan fingerprint density at radius 2 is 2.03 bits per heavy atom. The molecule has 36 heavy (non-hydrogen) atoms. The lowest BCUT2D eigenvalue weighted by molar-refractivity contribution is -0.0556. The number of aliphatic imine (C=N–C) groups is 1. The number of hydrogen-bond donors (Lipinski definition) is 2. The summed E-state index contributed by atoms with van der Waals surface area (Å²) in [6.45, 7) is 3.65. The van der Waals surface area contributed by atoms with Crippen LogP contribution in [0.1, 0.15) is 41.0 Å². The van der Waals surface area contributed by atoms with Gasteiger partial charge in [-0.2, -0.15) is 8.78 Å². The van der Waals surface area contributed by atoms with E-state index in [9.17, 15) is 13.6 Å². The first-order valence-electron chi connectivity index (χ1n) is 11.6. The summed E-state index contributed by atoms with van der Waals surface area (Å²) >= 11 is 0. The predicted molar refractivity (Wildman–Crippen MR) is 135 cm³/mol. The van der Waals surface area contributed by atoms with Crippen molar-refractivity contribution in [2.75, 3.05) is 29.9 Å². The van der Waals surface area contributed by atoms with Crippen molar-refractivity contribution in [2.45, 2.75) is 25.8 Å². The Morgan fingerprint density at radius 3 is 2.78 bits per heavy atom. The van der Waals surface area contributed by atoms with Crippen molar-refractivity contribution in [3.8, 4) is 0 Å². The molecule has 3 aromatic rings. The van der Waals surface area contributed by atoms with Gasteiger partial charge in [-0.25, -0.2) is 9.97 Å². The molecule has 2 aliphatic heterocycles. The SMILES string of the molecule is Cc1nc(NC(C)c2cccc(C(F)(F)CO)c2)c2c(n1)N1CCN=C1C(c1ccn(C)c(=O)c1)=C2. The molecular formula is C26H26F2N6O2. The van der Waals surface area contributed by atoms with E-state index >= 15 is 0 Å². The Morgan fingerprint density at radius 1 is 1.22 bits per heavy atom. The van der Waals surface area contributed by atoms with Crippen LogP contribution in [-0.4, -0.2) is 45.2 Å². The first kappa shape index (κ1) is 23.8. The van der Waals surface area contributed by atoms with Crippen molar-refractivity contribution in [3.05, 3.63) is 81.0 Å². The van der Waals surface area contributed by atoms with Crippen LogP contribution in [0.5, 0.6) is 0 Å². The van der Waals surface area contributed by atoms with Crippen LogP contribution < -0.4 is 15.8 Å². The molecule has 1 atom stereocenters. The third-order valence-corrected chi connectivity index (χ3v) is 6.44. The van der Waals surface area contributed by atoms with E-state index in [0.717, 1.165) is 22.5 Å². The molecule has 0 spiro atoms. The van der Waals surface area contributed by atoms with E-state index in [1.165, 1.54) is 16.7 Å². The maximum absolute atomic E-state index is 14.1. The van der Waals surface area contributed by atoms with E-state index in [1.807, 2.05) is 24.0 Å². The number of alkyl halides is 2. The van der Waals surface area contributed by atoms with Gasteiger partial charge in [-0.05, 0) is 43.2 Å². The smallest absolute Gasteiger partial charge is 0.295 e. The van der Waals surface area contributed by atoms with E-state index in [-0.39, 0.29) is 17.2 Å². The van der Waals surface area contributed by atoms with Gasteiger partial charge in [-0.1, -0.05) is 18.2 Å². The maximum Gasteiger partial charge on any atom is 0.295 e. The van der Waals surface area contributed by atoms with Crippen LogP contribution >= 0.6 is 0 Å². The monoisotopic (exact) mass is 492 g/mol. The van der Waals surface area contributed by atoms with Gasteiger partial charge in [0.2, 0.25) is 0 Å². The van der Waals surface area contributed by atoms with Gasteiger partial charge in [0.1, 0.15) is 29.9 Å². The topological polar surface area (TPSA) is 95.6 Å². The van der Waals surface area contributed by atoms with E-state index in [1.54, 1.807) is 38.4 Å². The van der Waals surface area contributed by atoms with Gasteiger partial charge in [0.15, 0.2) is 0 Å². The molecule has 1 unspecified atom stereocenters. The Bertz CT molecular complexity index is 1460. The largest absolute Gasteiger partial charge is 0.390 e. The highest BCUT2D eigenvalue weighted by atomic mass is 19.3. The van der Waals surface area contributed by atoms with E-state index in [2.05, 4.69) is 20.3 Å². The lowest BCUT2D eigenvalue weighted by Crippen LogP contribution is -2.33. The second kappa shape index (κ2) is 8.94. The van der Waals surface area contributed by atoms with Crippen LogP contribution in [0.4, 0.5) is 20.4 Å². The van der Waals surface area contributed by atoms with Crippen LogP contribution in [0, 0.1) is 6.92 Å². The molecule has 2 aromatic heterocycles. The van der Waals surface area contributed by atoms with Gasteiger partial charge in [0.25, 0.3) is 11.5 Å². The molecule has 8 nitrogen and oxygen atoms in total. The number of nitrogens with one attached hydrogen (secondary N) is 1. The van der Waals surface area contributed by atoms with E-state index in [0.29, 0.717) is 36.1 Å². The highest BCUT2D eigenvalue weighted by Crippen LogP contribution is 2.39. The Balaban J connectivity index is 1.57. The normalized spacial score (nSPS) is 15.7. The molecule has 0 saturated carbocycles. The van der Waals surface area contributed by atoms with E-state index < -0.39 is 12.5 Å². The summed E-state index contributed by atoms with van der Waals surface area (Å²) in [5, 5.41) is 12.4. The molecule has 1 aromatic carbocycles. The third-order valence-electron chi connectivity index (χ3n) is 6.44. The van der Waals surface area contributed by atoms with Gasteiger partial charge < -0.3 is 19.9 Å². The van der Waals surface area contributed by atoms with E-state index in [4.69, 9.17) is 5.11 Å². The standard InChI is InChI=1S/C26H26F2N6O2/c1-15(17-5-4-6-19(11-17)26(27,28)14-35)30-23-21-13-20(18-7-9-33(3)22(36)12-18)24-29-8-10-34(24)25(21)32-16(2)31-23/h4-7,9,11-13,15,35H,8,10,14H2,1-3H3,(H,30,31,32). The minimum Gasteiger partial charge on any atom is -0.390 e. The molecule has 2 N–H and O–H groups in total. The molecular weight excluding hydrogens is 466 g/mol. The van der Waals surface area contributed by atoms with Gasteiger partial charge in [0.05, 0.1) is 12.1 Å². The summed E-state index contributed by atoms with van der Waals surface area (Å²) in [6, 6.07) is 9.07. The van der Waals surface area contributed by atoms with Crippen molar-refractivity contribution in [1.29, 1.82) is 0 Å². The van der Waals surface area contributed by atoms with Crippen LogP contribution in [0.15, 0.2) is 52.4 Å². The van der Waals surface area contributed by atoms with Crippen LogP contribution in [-0.2, 0) is 13.0 Å². The lowest BCUT2D eigenvalue weighted by atomic mass is 9.98. The predicted octanol–water partition coefficient (Wildman–Crippen LogP) is 3.51. The van der Waals surface area contributed by atoms with Crippen LogP contribution in [0.2, 0.25) is 0 Å². The number of benzene rings is 1. The maximum atomic E-state index is 14.1. The van der Waals surface area contributed by atoms with Crippen LogP contribution in [0.25, 0.3) is 11.6 Å². The number of aliphatic hydroxyl groups excluding tert-OH is 1. The molecule has 0 saturated heterocycles. The Labute approximate surface area is 206 Å². The minimum absolute atomic E-state index is 0.129. The molecule has 0 bridgehead atoms. The molecule has 2 aliphatic rings. The number of amidine groups is 1. The van der Waals surface area contributed by atoms with Gasteiger partial charge in [-0.15, -0.1) is 0 Å². The highest BCUT2D eigenvalue weighted by Gasteiger charge is 2.33. The van der Waals surface area contributed by atoms with Gasteiger partial charge >= 0.3 is 0 Å². The summed E-state index contributed by atoms with van der Waals surface area (Å²) in [7, 11) is 1.70. The number of hydrogen-bond acceptors (Lipinski definition) is 7. The number of aliphatic hydroxyl groups is 1. The number of rotatable bonds is 6. The molecule has 5 rings (SSSR count). The van der Waals surface area contributed by atoms with Gasteiger partial charge in [0, 0.05) is 43.0 Å². The molecule has 4 heterocycles. The zero-order valence-electron chi connectivity index (χ0n) is 20.2. The van der Waals surface area contributed by atoms with Gasteiger partial charge in [-0.3, -0.25) is 9.79 Å². The number of aryl methyl sites for hydroxylation is 2. The third kappa shape index (κ3) is 4.17. The fourth-order valence-corrected chi connectivity index (χ4v) is 4.45. The fraction of sp³-hybridized carbons (Fsp3) is 0.308. The average molecular weight is 493 g/mol. The molecule has 0 radical (unpaired) electrons. The number of anilines is 2. The zero-order chi connectivity index (χ0) is 25.6. The number of pyridine rings is 1. The first-order valence-corrected chi connectivity index (χ1v) is 11.6. The number of fused-ring (bicyclic) bond motifs is 3. The lowest BCUT2D eigenvalue weighted by Gasteiger charge is -2.29. The van der Waals surface area contributed by atoms with Crippen molar-refractivity contribution >= 4 is 29.1 Å². The van der Waals surface area contributed by atoms with Crippen molar-refractivity contribution in [3.63, 3.8) is 0 Å². The number of halogens is 2.